The summed E-state index contributed by atoms with van der Waals surface area (Å²) in [5.41, 5.74) is 9.32. The molecule has 4 aromatic heterocycles. The Bertz CT molecular complexity index is 1420. The molecule has 194 valence electrons. The molecular weight excluding hydrogens is 500 g/mol. The second-order valence-corrected chi connectivity index (χ2v) is 8.95. The van der Waals surface area contributed by atoms with Crippen molar-refractivity contribution < 1.29 is 18.4 Å². The van der Waals surface area contributed by atoms with Gasteiger partial charge in [-0.1, -0.05) is 0 Å². The van der Waals surface area contributed by atoms with Crippen LogP contribution in [0.15, 0.2) is 39.5 Å². The van der Waals surface area contributed by atoms with E-state index in [9.17, 15) is 4.79 Å². The van der Waals surface area contributed by atoms with Gasteiger partial charge in [-0.25, -0.2) is 9.97 Å². The number of nitrogens with one attached hydrogen (secondary N) is 1. The number of nitrogens with two attached hydrogens (primary N) is 1. The van der Waals surface area contributed by atoms with Crippen LogP contribution in [0.4, 0.5) is 17.5 Å². The minimum absolute atomic E-state index is 0. The third-order valence-corrected chi connectivity index (χ3v) is 6.29. The van der Waals surface area contributed by atoms with Gasteiger partial charge in [-0.3, -0.25) is 9.78 Å². The highest BCUT2D eigenvalue weighted by Crippen LogP contribution is 2.33. The minimum Gasteiger partial charge on any atom is -0.444 e. The Morgan fingerprint density at radius 2 is 1.97 bits per heavy atom. The molecule has 0 bridgehead atoms. The van der Waals surface area contributed by atoms with Crippen LogP contribution in [-0.2, 0) is 4.74 Å². The van der Waals surface area contributed by atoms with Crippen LogP contribution in [0.1, 0.15) is 22.6 Å². The Morgan fingerprint density at radius 1 is 1.14 bits per heavy atom. The van der Waals surface area contributed by atoms with Crippen molar-refractivity contribution in [2.75, 3.05) is 54.5 Å². The Kier molecular flexibility index (Phi) is 6.96. The molecular formula is C24H27ClN8O4. The molecule has 0 saturated carbocycles. The average molecular weight is 527 g/mol. The van der Waals surface area contributed by atoms with Crippen LogP contribution in [-0.4, -0.2) is 71.3 Å². The van der Waals surface area contributed by atoms with Gasteiger partial charge in [0.1, 0.15) is 6.26 Å². The number of aryl methyl sites for hydroxylation is 1. The molecule has 2 fully saturated rings. The third kappa shape index (κ3) is 5.08. The summed E-state index contributed by atoms with van der Waals surface area (Å²) >= 11 is 0. The molecule has 6 heterocycles. The summed E-state index contributed by atoms with van der Waals surface area (Å²) in [4.78, 5) is 35.1. The molecule has 1 amide bonds. The van der Waals surface area contributed by atoms with Gasteiger partial charge in [0.25, 0.3) is 11.9 Å². The van der Waals surface area contributed by atoms with Gasteiger partial charge in [0.15, 0.2) is 17.1 Å². The molecule has 2 aliphatic heterocycles. The zero-order chi connectivity index (χ0) is 24.6. The molecule has 1 atom stereocenters. The number of oxazole rings is 2. The third-order valence-electron chi connectivity index (χ3n) is 6.29. The van der Waals surface area contributed by atoms with Gasteiger partial charge in [0.2, 0.25) is 11.5 Å². The van der Waals surface area contributed by atoms with Crippen LogP contribution < -0.4 is 20.9 Å². The molecule has 13 heteroatoms. The van der Waals surface area contributed by atoms with Gasteiger partial charge >= 0.3 is 0 Å². The smallest absolute Gasteiger partial charge is 0.300 e. The van der Waals surface area contributed by atoms with E-state index in [1.165, 1.54) is 6.26 Å². The average Bonchev–Trinajstić information content (AvgIpc) is 3.63. The fourth-order valence-corrected chi connectivity index (χ4v) is 4.42. The van der Waals surface area contributed by atoms with Crippen LogP contribution in [0, 0.1) is 6.92 Å². The lowest BCUT2D eigenvalue weighted by Gasteiger charge is -2.24. The van der Waals surface area contributed by atoms with E-state index < -0.39 is 5.91 Å². The lowest BCUT2D eigenvalue weighted by atomic mass is 10.2. The number of rotatable bonds is 5. The van der Waals surface area contributed by atoms with Gasteiger partial charge in [0.05, 0.1) is 18.9 Å². The highest BCUT2D eigenvalue weighted by Gasteiger charge is 2.27. The molecule has 0 radical (unpaired) electrons. The second-order valence-electron chi connectivity index (χ2n) is 8.95. The number of fused-ring (bicyclic) bond motifs is 1. The lowest BCUT2D eigenvalue weighted by Crippen LogP contribution is -2.36. The maximum atomic E-state index is 13.2. The highest BCUT2D eigenvalue weighted by atomic mass is 35.5. The van der Waals surface area contributed by atoms with Crippen molar-refractivity contribution in [2.24, 2.45) is 5.73 Å². The van der Waals surface area contributed by atoms with Gasteiger partial charge in [-0.15, -0.1) is 12.4 Å². The molecule has 2 saturated heterocycles. The monoisotopic (exact) mass is 526 g/mol. The molecule has 3 N–H and O–H groups in total. The van der Waals surface area contributed by atoms with Gasteiger partial charge in [-0.05, 0) is 25.5 Å². The van der Waals surface area contributed by atoms with Gasteiger partial charge in [-0.2, -0.15) is 4.98 Å². The number of ether oxygens (including phenoxy) is 1. The molecule has 0 aliphatic carbocycles. The summed E-state index contributed by atoms with van der Waals surface area (Å²) in [5.74, 6) is 0.518. The summed E-state index contributed by atoms with van der Waals surface area (Å²) in [6.07, 6.45) is 3.84. The molecule has 37 heavy (non-hydrogen) atoms. The largest absolute Gasteiger partial charge is 0.444 e. The second kappa shape index (κ2) is 10.3. The number of carbonyl (C=O) groups is 1. The number of aromatic nitrogens is 4. The Hall–Kier alpha value is -3.74. The highest BCUT2D eigenvalue weighted by molar-refractivity contribution is 6.05. The Labute approximate surface area is 218 Å². The molecule has 6 rings (SSSR count). The quantitative estimate of drug-likeness (QED) is 0.395. The van der Waals surface area contributed by atoms with E-state index >= 15 is 0 Å². The molecule has 12 nitrogen and oxygen atoms in total. The van der Waals surface area contributed by atoms with Crippen molar-refractivity contribution in [3.63, 3.8) is 0 Å². The van der Waals surface area contributed by atoms with Crippen molar-refractivity contribution in [3.05, 3.63) is 42.0 Å². The van der Waals surface area contributed by atoms with Gasteiger partial charge in [0, 0.05) is 55.7 Å². The standard InChI is InChI=1S/C24H26N8O4.ClH/c1-14-10-15(2-4-26-14)23-28-18(13-35-23)22(33)27-17-11-19-20(29-21(17)32-5-3-16(25)12-32)30-24(36-19)31-6-8-34-9-7-31;/h2,4,10-11,13,16H,3,5-9,12,25H2,1H3,(H,27,33);1H/t16-;/m0./s1. The Morgan fingerprint density at radius 3 is 2.73 bits per heavy atom. The number of nitrogens with zero attached hydrogens (tertiary/aromatic N) is 6. The molecule has 0 unspecified atom stereocenters. The van der Waals surface area contributed by atoms with E-state index in [1.54, 1.807) is 18.3 Å². The normalized spacial score (nSPS) is 17.7. The number of pyridine rings is 2. The lowest BCUT2D eigenvalue weighted by molar-refractivity contribution is 0.102. The van der Waals surface area contributed by atoms with Crippen molar-refractivity contribution in [1.82, 2.24) is 19.9 Å². The summed E-state index contributed by atoms with van der Waals surface area (Å²) in [7, 11) is 0. The van der Waals surface area contributed by atoms with E-state index in [0.717, 1.165) is 24.2 Å². The summed E-state index contributed by atoms with van der Waals surface area (Å²) in [6.45, 7) is 5.85. The number of hydrogen-bond acceptors (Lipinski definition) is 11. The predicted octanol–water partition coefficient (Wildman–Crippen LogP) is 2.63. The topological polar surface area (TPSA) is 149 Å². The summed E-state index contributed by atoms with van der Waals surface area (Å²) in [5, 5.41) is 2.94. The first-order valence-electron chi connectivity index (χ1n) is 11.9. The summed E-state index contributed by atoms with van der Waals surface area (Å²) in [6, 6.07) is 5.90. The van der Waals surface area contributed by atoms with E-state index in [4.69, 9.17) is 24.3 Å². The first-order chi connectivity index (χ1) is 17.5. The van der Waals surface area contributed by atoms with Crippen LogP contribution in [0.3, 0.4) is 0 Å². The number of morpholine rings is 1. The SMILES string of the molecule is Cc1cc(-c2nc(C(=O)Nc3cc4oc(N5CCOCC5)nc4nc3N3CC[C@H](N)C3)co2)ccn1.Cl. The van der Waals surface area contributed by atoms with Crippen LogP contribution in [0.25, 0.3) is 22.7 Å². The Balaban J connectivity index is 0.00000280. The molecule has 2 aliphatic rings. The van der Waals surface area contributed by atoms with Crippen LogP contribution >= 0.6 is 12.4 Å². The fraction of sp³-hybridized carbons (Fsp3) is 0.375. The van der Waals surface area contributed by atoms with E-state index in [0.29, 0.717) is 67.5 Å². The zero-order valence-electron chi connectivity index (χ0n) is 20.2. The van der Waals surface area contributed by atoms with E-state index in [-0.39, 0.29) is 24.1 Å². The molecule has 0 aromatic carbocycles. The summed E-state index contributed by atoms with van der Waals surface area (Å²) < 4.78 is 17.0. The number of hydrogen-bond donors (Lipinski definition) is 2. The number of carbonyl (C=O) groups excluding carboxylic acids is 1. The van der Waals surface area contributed by atoms with Crippen molar-refractivity contribution in [3.8, 4) is 11.5 Å². The molecule has 0 spiro atoms. The fourth-order valence-electron chi connectivity index (χ4n) is 4.42. The maximum absolute atomic E-state index is 13.2. The minimum atomic E-state index is -0.422. The van der Waals surface area contributed by atoms with Crippen molar-refractivity contribution in [2.45, 2.75) is 19.4 Å². The van der Waals surface area contributed by atoms with Gasteiger partial charge < -0.3 is 34.4 Å². The van der Waals surface area contributed by atoms with E-state index in [1.807, 2.05) is 17.9 Å². The van der Waals surface area contributed by atoms with Crippen LogP contribution in [0.2, 0.25) is 0 Å². The first kappa shape index (κ1) is 24.9. The van der Waals surface area contributed by atoms with E-state index in [2.05, 4.69) is 25.2 Å². The van der Waals surface area contributed by atoms with Crippen molar-refractivity contribution >= 4 is 47.1 Å². The predicted molar refractivity (Wildman–Crippen MR) is 139 cm³/mol. The number of halogens is 1. The zero-order valence-corrected chi connectivity index (χ0v) is 21.0. The van der Waals surface area contributed by atoms with Crippen LogP contribution in [0.5, 0.6) is 0 Å². The number of amides is 1. The molecule has 4 aromatic rings. The number of anilines is 3. The van der Waals surface area contributed by atoms with Crippen molar-refractivity contribution in [1.29, 1.82) is 0 Å². The maximum Gasteiger partial charge on any atom is 0.300 e. The first-order valence-corrected chi connectivity index (χ1v) is 11.9.